The molecule has 2 aromatic rings. The second kappa shape index (κ2) is 8.26. The number of fused-ring (bicyclic) bond motifs is 1. The first-order valence-corrected chi connectivity index (χ1v) is 11.4. The molecule has 0 spiro atoms. The summed E-state index contributed by atoms with van der Waals surface area (Å²) in [5.41, 5.74) is 5.97. The van der Waals surface area contributed by atoms with Crippen LogP contribution in [0.1, 0.15) is 25.1 Å². The lowest BCUT2D eigenvalue weighted by Gasteiger charge is -2.37. The van der Waals surface area contributed by atoms with Gasteiger partial charge >= 0.3 is 12.6 Å². The summed E-state index contributed by atoms with van der Waals surface area (Å²) in [5.74, 6) is -0.390. The molecule has 1 aliphatic carbocycles. The van der Waals surface area contributed by atoms with Crippen LogP contribution in [-0.4, -0.2) is 53.9 Å². The Labute approximate surface area is 187 Å². The van der Waals surface area contributed by atoms with Gasteiger partial charge in [-0.3, -0.25) is 14.4 Å². The third-order valence-corrected chi connectivity index (χ3v) is 7.33. The molecule has 1 fully saturated rings. The molecule has 14 heteroatoms. The van der Waals surface area contributed by atoms with E-state index in [0.29, 0.717) is 19.0 Å². The topological polar surface area (TPSA) is 157 Å². The first-order valence-electron chi connectivity index (χ1n) is 9.95. The Balaban J connectivity index is 1.78. The number of ether oxygens (including phenoxy) is 1. The van der Waals surface area contributed by atoms with Crippen molar-refractivity contribution in [2.45, 2.75) is 43.4 Å². The third kappa shape index (κ3) is 4.35. The lowest BCUT2D eigenvalue weighted by Crippen LogP contribution is -2.54. The Kier molecular flexibility index (Phi) is 5.74. The molecule has 1 amide bonds. The van der Waals surface area contributed by atoms with E-state index in [9.17, 15) is 26.8 Å². The van der Waals surface area contributed by atoms with E-state index in [0.717, 1.165) is 4.31 Å². The van der Waals surface area contributed by atoms with Crippen LogP contribution in [0.15, 0.2) is 29.3 Å². The molecular weight excluding hydrogens is 464 g/mol. The number of anilines is 2. The summed E-state index contributed by atoms with van der Waals surface area (Å²) < 4.78 is 60.2. The van der Waals surface area contributed by atoms with Gasteiger partial charge in [0.2, 0.25) is 0 Å². The van der Waals surface area contributed by atoms with Gasteiger partial charge in [0.1, 0.15) is 22.8 Å². The fourth-order valence-electron chi connectivity index (χ4n) is 3.65. The number of rotatable bonds is 7. The number of carbonyl (C=O) groups is 2. The molecule has 2 aliphatic rings. The van der Waals surface area contributed by atoms with Gasteiger partial charge in [-0.15, -0.1) is 0 Å². The Morgan fingerprint density at radius 1 is 1.33 bits per heavy atom. The molecule has 11 nitrogen and oxygen atoms in total. The number of hydrogen-bond acceptors (Lipinski definition) is 7. The van der Waals surface area contributed by atoms with Gasteiger partial charge in [0.25, 0.3) is 10.0 Å². The highest BCUT2D eigenvalue weighted by molar-refractivity contribution is 7.92. The van der Waals surface area contributed by atoms with Crippen LogP contribution in [0, 0.1) is 12.8 Å². The smallest absolute Gasteiger partial charge is 0.409 e. The van der Waals surface area contributed by atoms with E-state index in [2.05, 4.69) is 10.4 Å². The third-order valence-electron chi connectivity index (χ3n) is 5.45. The molecule has 2 heterocycles. The number of carboxylic acid groups (broad SMARTS) is 1. The van der Waals surface area contributed by atoms with Gasteiger partial charge in [0.15, 0.2) is 5.78 Å². The summed E-state index contributed by atoms with van der Waals surface area (Å²) in [6, 6.07) is 2.83. The van der Waals surface area contributed by atoms with Crippen LogP contribution in [-0.2, 0) is 14.8 Å². The number of sulfonamides is 1. The molecule has 1 aromatic carbocycles. The maximum absolute atomic E-state index is 13.5. The number of hydrogen-bond donors (Lipinski definition) is 3. The number of nitrogens with zero attached hydrogens (tertiary/aromatic N) is 3. The summed E-state index contributed by atoms with van der Waals surface area (Å²) in [6.45, 7) is -2.16. The van der Waals surface area contributed by atoms with Crippen molar-refractivity contribution < 1.29 is 36.6 Å². The summed E-state index contributed by atoms with van der Waals surface area (Å²) in [7, 11) is -4.47. The van der Waals surface area contributed by atoms with E-state index >= 15 is 0 Å². The molecule has 4 N–H and O–H groups in total. The number of Topliss-reactive ketones (excluding diaryl/α,β-unsaturated/α-hetero) is 1. The highest BCUT2D eigenvalue weighted by atomic mass is 32.2. The van der Waals surface area contributed by atoms with Crippen molar-refractivity contribution in [1.82, 2.24) is 9.78 Å². The van der Waals surface area contributed by atoms with Gasteiger partial charge < -0.3 is 15.6 Å². The van der Waals surface area contributed by atoms with Crippen molar-refractivity contribution in [3.8, 4) is 5.75 Å². The maximum atomic E-state index is 13.5. The van der Waals surface area contributed by atoms with Gasteiger partial charge in [-0.25, -0.2) is 17.9 Å². The molecule has 1 saturated carbocycles. The second-order valence-electron chi connectivity index (χ2n) is 7.84. The van der Waals surface area contributed by atoms with Gasteiger partial charge in [0, 0.05) is 11.6 Å². The number of amides is 1. The molecule has 1 aliphatic heterocycles. The highest BCUT2D eigenvalue weighted by Crippen LogP contribution is 2.41. The van der Waals surface area contributed by atoms with E-state index in [-0.39, 0.29) is 45.7 Å². The average Bonchev–Trinajstić information content (AvgIpc) is 3.52. The van der Waals surface area contributed by atoms with Crippen LogP contribution >= 0.6 is 0 Å². The molecule has 33 heavy (non-hydrogen) atoms. The first-order chi connectivity index (χ1) is 15.5. The number of aryl methyl sites for hydroxylation is 1. The quantitative estimate of drug-likeness (QED) is 0.537. The van der Waals surface area contributed by atoms with Gasteiger partial charge in [-0.2, -0.15) is 13.9 Å². The van der Waals surface area contributed by atoms with E-state index in [4.69, 9.17) is 15.6 Å². The van der Waals surface area contributed by atoms with Crippen molar-refractivity contribution in [1.29, 1.82) is 0 Å². The van der Waals surface area contributed by atoms with Gasteiger partial charge in [-0.1, -0.05) is 0 Å². The van der Waals surface area contributed by atoms with Gasteiger partial charge in [0.05, 0.1) is 24.1 Å². The van der Waals surface area contributed by atoms with Crippen LogP contribution in [0.2, 0.25) is 0 Å². The molecule has 1 aromatic heterocycles. The Morgan fingerprint density at radius 2 is 2.03 bits per heavy atom. The molecule has 0 saturated heterocycles. The number of nitrogens with one attached hydrogen (secondary N) is 1. The molecule has 2 atom stereocenters. The summed E-state index contributed by atoms with van der Waals surface area (Å²) in [4.78, 5) is 23.1. The first kappa shape index (κ1) is 22.9. The minimum atomic E-state index is -4.47. The Hall–Kier alpha value is -3.26. The zero-order valence-electron chi connectivity index (χ0n) is 17.3. The average molecular weight is 485 g/mol. The molecule has 178 valence electrons. The predicted octanol–water partition coefficient (Wildman–Crippen LogP) is 1.94. The minimum absolute atomic E-state index is 0.0345. The summed E-state index contributed by atoms with van der Waals surface area (Å²) in [6.07, 6.45) is -0.287. The Bertz CT molecular complexity index is 1210. The van der Waals surface area contributed by atoms with Crippen molar-refractivity contribution >= 4 is 33.3 Å². The zero-order valence-corrected chi connectivity index (χ0v) is 18.1. The second-order valence-corrected chi connectivity index (χ2v) is 9.67. The summed E-state index contributed by atoms with van der Waals surface area (Å²) >= 11 is 0. The molecule has 0 bridgehead atoms. The van der Waals surface area contributed by atoms with Crippen LogP contribution in [0.4, 0.5) is 25.0 Å². The lowest BCUT2D eigenvalue weighted by atomic mass is 10.0. The maximum Gasteiger partial charge on any atom is 0.409 e. The summed E-state index contributed by atoms with van der Waals surface area (Å²) in [5, 5.41) is 14.7. The fraction of sp³-hybridized carbons (Fsp3) is 0.421. The number of halogens is 2. The highest BCUT2D eigenvalue weighted by Gasteiger charge is 2.43. The van der Waals surface area contributed by atoms with Crippen LogP contribution < -0.4 is 20.1 Å². The molecular formula is C19H21F2N5O6S. The SMILES string of the molecule is Cc1nn(C(F)F)cc1S(=O)(=O)N1CC(C(N)C(=O)C2CC2)Oc2ccc(NC(=O)O)cc21. The molecule has 0 radical (unpaired) electrons. The Morgan fingerprint density at radius 3 is 2.61 bits per heavy atom. The number of benzene rings is 1. The number of nitrogens with two attached hydrogens (primary N) is 1. The number of alkyl halides is 2. The monoisotopic (exact) mass is 485 g/mol. The predicted molar refractivity (Wildman–Crippen MR) is 111 cm³/mol. The molecule has 2 unspecified atom stereocenters. The van der Waals surface area contributed by atoms with Gasteiger partial charge in [-0.05, 0) is 38.0 Å². The van der Waals surface area contributed by atoms with Crippen LogP contribution in [0.25, 0.3) is 0 Å². The van der Waals surface area contributed by atoms with E-state index in [1.807, 2.05) is 0 Å². The molecule has 4 rings (SSSR count). The van der Waals surface area contributed by atoms with E-state index in [1.54, 1.807) is 0 Å². The van der Waals surface area contributed by atoms with Crippen LogP contribution in [0.3, 0.4) is 0 Å². The number of aromatic nitrogens is 2. The standard InChI is InChI=1S/C19H21F2N5O6S/c1-9-15(8-25(24-9)18(20)21)33(30,31)26-7-14(16(22)17(27)10-2-3-10)32-13-5-4-11(6-12(13)26)23-19(28)29/h4-6,8,10,14,16,18,23H,2-3,7,22H2,1H3,(H,28,29). The van der Waals surface area contributed by atoms with Crippen molar-refractivity contribution in [2.75, 3.05) is 16.2 Å². The number of ketones is 1. The van der Waals surface area contributed by atoms with Crippen molar-refractivity contribution in [3.05, 3.63) is 30.1 Å². The van der Waals surface area contributed by atoms with Crippen molar-refractivity contribution in [2.24, 2.45) is 11.7 Å². The number of carbonyl (C=O) groups excluding carboxylic acids is 1. The lowest BCUT2D eigenvalue weighted by molar-refractivity contribution is -0.123. The minimum Gasteiger partial charge on any atom is -0.484 e. The van der Waals surface area contributed by atoms with Crippen molar-refractivity contribution in [3.63, 3.8) is 0 Å². The zero-order chi connectivity index (χ0) is 24.1. The largest absolute Gasteiger partial charge is 0.484 e. The normalized spacial score (nSPS) is 19.1. The van der Waals surface area contributed by atoms with Crippen LogP contribution in [0.5, 0.6) is 5.75 Å². The fourth-order valence-corrected chi connectivity index (χ4v) is 5.29. The van der Waals surface area contributed by atoms with E-state index < -0.39 is 39.7 Å². The van der Waals surface area contributed by atoms with E-state index in [1.165, 1.54) is 25.1 Å².